The van der Waals surface area contributed by atoms with Gasteiger partial charge < -0.3 is 14.6 Å². The van der Waals surface area contributed by atoms with Crippen molar-refractivity contribution in [1.82, 2.24) is 19.4 Å². The number of carbonyl (C=O) groups is 2. The van der Waals surface area contributed by atoms with Crippen LogP contribution < -0.4 is 0 Å². The van der Waals surface area contributed by atoms with E-state index < -0.39 is 11.4 Å². The maximum absolute atomic E-state index is 13.7. The molecule has 0 radical (unpaired) electrons. The highest BCUT2D eigenvalue weighted by Crippen LogP contribution is 2.31. The first-order valence-electron chi connectivity index (χ1n) is 10.8. The number of hydrogen-bond donors (Lipinski definition) is 1. The molecule has 0 saturated carbocycles. The number of amides is 1. The van der Waals surface area contributed by atoms with Gasteiger partial charge >= 0.3 is 5.97 Å². The van der Waals surface area contributed by atoms with Crippen LogP contribution in [0.4, 0.5) is 4.39 Å². The summed E-state index contributed by atoms with van der Waals surface area (Å²) in [5.41, 5.74) is 2.89. The standard InChI is InChI=1S/C24H27FN4O3/c1-24(2,23(31)32)8-3-6-21(30)28-10-7-18-19-5-4-9-27-22(19)29(20(18)15-28)14-16-11-17(25)13-26-12-16/h4-5,9,11-13H,3,6-8,10,14-15H2,1-2H3,(H,31,32). The second-order valence-corrected chi connectivity index (χ2v) is 9.01. The number of carboxylic acid groups (broad SMARTS) is 1. The molecule has 0 aromatic carbocycles. The number of hydrogen-bond acceptors (Lipinski definition) is 4. The Morgan fingerprint density at radius 1 is 1.28 bits per heavy atom. The van der Waals surface area contributed by atoms with Gasteiger partial charge in [-0.3, -0.25) is 14.6 Å². The molecule has 168 valence electrons. The fourth-order valence-corrected chi connectivity index (χ4v) is 4.31. The first kappa shape index (κ1) is 21.9. The van der Waals surface area contributed by atoms with Crippen molar-refractivity contribution in [3.63, 3.8) is 0 Å². The van der Waals surface area contributed by atoms with Gasteiger partial charge in [0.1, 0.15) is 11.5 Å². The van der Waals surface area contributed by atoms with Gasteiger partial charge in [-0.2, -0.15) is 0 Å². The van der Waals surface area contributed by atoms with Crippen molar-refractivity contribution in [2.45, 2.75) is 52.6 Å². The average Bonchev–Trinajstić information content (AvgIpc) is 3.06. The summed E-state index contributed by atoms with van der Waals surface area (Å²) < 4.78 is 15.7. The van der Waals surface area contributed by atoms with Crippen molar-refractivity contribution in [2.24, 2.45) is 5.41 Å². The molecule has 0 atom stereocenters. The van der Waals surface area contributed by atoms with Crippen LogP contribution in [-0.2, 0) is 29.1 Å². The quantitative estimate of drug-likeness (QED) is 0.606. The van der Waals surface area contributed by atoms with Crippen LogP contribution in [0.2, 0.25) is 0 Å². The molecular formula is C24H27FN4O3. The minimum atomic E-state index is -0.851. The van der Waals surface area contributed by atoms with E-state index in [1.54, 1.807) is 26.2 Å². The molecule has 4 rings (SSSR count). The number of carbonyl (C=O) groups excluding carboxylic acids is 1. The lowest BCUT2D eigenvalue weighted by Crippen LogP contribution is -2.36. The smallest absolute Gasteiger partial charge is 0.309 e. The zero-order valence-corrected chi connectivity index (χ0v) is 18.3. The Morgan fingerprint density at radius 3 is 2.84 bits per heavy atom. The van der Waals surface area contributed by atoms with E-state index in [0.29, 0.717) is 38.9 Å². The summed E-state index contributed by atoms with van der Waals surface area (Å²) in [5, 5.41) is 10.3. The van der Waals surface area contributed by atoms with E-state index in [2.05, 4.69) is 9.97 Å². The van der Waals surface area contributed by atoms with Crippen LogP contribution in [0.3, 0.4) is 0 Å². The van der Waals surface area contributed by atoms with Gasteiger partial charge in [0.05, 0.1) is 24.7 Å². The number of rotatable bonds is 7. The van der Waals surface area contributed by atoms with Crippen molar-refractivity contribution in [3.05, 3.63) is 59.4 Å². The summed E-state index contributed by atoms with van der Waals surface area (Å²) >= 11 is 0. The van der Waals surface area contributed by atoms with Crippen molar-refractivity contribution in [1.29, 1.82) is 0 Å². The van der Waals surface area contributed by atoms with Crippen molar-refractivity contribution in [3.8, 4) is 0 Å². The van der Waals surface area contributed by atoms with Crippen molar-refractivity contribution >= 4 is 22.9 Å². The third-order valence-corrected chi connectivity index (χ3v) is 6.24. The summed E-state index contributed by atoms with van der Waals surface area (Å²) in [4.78, 5) is 34.5. The van der Waals surface area contributed by atoms with Gasteiger partial charge in [0.15, 0.2) is 0 Å². The molecule has 3 aromatic heterocycles. The monoisotopic (exact) mass is 438 g/mol. The fraction of sp³-hybridized carbons (Fsp3) is 0.417. The maximum Gasteiger partial charge on any atom is 0.309 e. The first-order valence-corrected chi connectivity index (χ1v) is 10.8. The Hall–Kier alpha value is -3.29. The minimum Gasteiger partial charge on any atom is -0.481 e. The highest BCUT2D eigenvalue weighted by atomic mass is 19.1. The van der Waals surface area contributed by atoms with Gasteiger partial charge in [0, 0.05) is 36.4 Å². The molecule has 3 aromatic rings. The number of nitrogens with zero attached hydrogens (tertiary/aromatic N) is 4. The SMILES string of the molecule is CC(C)(CCCC(=O)N1CCc2c(n(Cc3cncc(F)c3)c3ncccc23)C1)C(=O)O. The zero-order valence-electron chi connectivity index (χ0n) is 18.3. The summed E-state index contributed by atoms with van der Waals surface area (Å²) in [6.07, 6.45) is 6.57. The zero-order chi connectivity index (χ0) is 22.9. The fourth-order valence-electron chi connectivity index (χ4n) is 4.31. The van der Waals surface area contributed by atoms with Crippen LogP contribution in [0.1, 0.15) is 49.9 Å². The lowest BCUT2D eigenvalue weighted by molar-refractivity contribution is -0.147. The predicted octanol–water partition coefficient (Wildman–Crippen LogP) is 3.78. The molecule has 4 heterocycles. The summed E-state index contributed by atoms with van der Waals surface area (Å²) in [5.74, 6) is -1.22. The van der Waals surface area contributed by atoms with E-state index in [1.165, 1.54) is 17.8 Å². The van der Waals surface area contributed by atoms with E-state index in [1.807, 2.05) is 21.6 Å². The molecule has 0 saturated heterocycles. The number of carboxylic acids is 1. The predicted molar refractivity (Wildman–Crippen MR) is 117 cm³/mol. The maximum atomic E-state index is 13.7. The van der Waals surface area contributed by atoms with E-state index in [0.717, 1.165) is 28.7 Å². The highest BCUT2D eigenvalue weighted by molar-refractivity contribution is 5.84. The van der Waals surface area contributed by atoms with Crippen LogP contribution in [0, 0.1) is 11.2 Å². The van der Waals surface area contributed by atoms with Gasteiger partial charge in [-0.05, 0) is 62.4 Å². The molecule has 0 aliphatic carbocycles. The van der Waals surface area contributed by atoms with Crippen molar-refractivity contribution in [2.75, 3.05) is 6.54 Å². The molecule has 1 aliphatic rings. The lowest BCUT2D eigenvalue weighted by atomic mass is 9.87. The van der Waals surface area contributed by atoms with Crippen LogP contribution in [0.25, 0.3) is 11.0 Å². The minimum absolute atomic E-state index is 0.0222. The molecule has 8 heteroatoms. The third-order valence-electron chi connectivity index (χ3n) is 6.24. The summed E-state index contributed by atoms with van der Waals surface area (Å²) in [7, 11) is 0. The highest BCUT2D eigenvalue weighted by Gasteiger charge is 2.29. The molecule has 0 fully saturated rings. The molecule has 1 aliphatic heterocycles. The molecular weight excluding hydrogens is 411 g/mol. The molecule has 0 unspecified atom stereocenters. The van der Waals surface area contributed by atoms with Gasteiger partial charge in [0.2, 0.25) is 5.91 Å². The van der Waals surface area contributed by atoms with E-state index in [4.69, 9.17) is 0 Å². The second-order valence-electron chi connectivity index (χ2n) is 9.01. The number of aliphatic carboxylic acids is 1. The molecule has 0 spiro atoms. The Labute approximate surface area is 185 Å². The van der Waals surface area contributed by atoms with E-state index in [9.17, 15) is 19.1 Å². The first-order chi connectivity index (χ1) is 15.3. The largest absolute Gasteiger partial charge is 0.481 e. The van der Waals surface area contributed by atoms with Crippen LogP contribution in [0.5, 0.6) is 0 Å². The molecule has 1 amide bonds. The second kappa shape index (κ2) is 8.68. The van der Waals surface area contributed by atoms with E-state index in [-0.39, 0.29) is 11.7 Å². The summed E-state index contributed by atoms with van der Waals surface area (Å²) in [6, 6.07) is 5.40. The van der Waals surface area contributed by atoms with Crippen LogP contribution in [0.15, 0.2) is 36.8 Å². The lowest BCUT2D eigenvalue weighted by Gasteiger charge is -2.29. The Balaban J connectivity index is 1.55. The molecule has 7 nitrogen and oxygen atoms in total. The number of fused-ring (bicyclic) bond motifs is 3. The third kappa shape index (κ3) is 4.35. The average molecular weight is 439 g/mol. The van der Waals surface area contributed by atoms with E-state index >= 15 is 0 Å². The molecule has 0 bridgehead atoms. The van der Waals surface area contributed by atoms with Gasteiger partial charge in [-0.15, -0.1) is 0 Å². The van der Waals surface area contributed by atoms with Gasteiger partial charge in [-0.25, -0.2) is 9.37 Å². The Bertz CT molecular complexity index is 1170. The van der Waals surface area contributed by atoms with Gasteiger partial charge in [0.25, 0.3) is 0 Å². The topological polar surface area (TPSA) is 88.3 Å². The van der Waals surface area contributed by atoms with Crippen molar-refractivity contribution < 1.29 is 19.1 Å². The normalized spacial score (nSPS) is 13.9. The number of halogens is 1. The van der Waals surface area contributed by atoms with Gasteiger partial charge in [-0.1, -0.05) is 0 Å². The molecule has 32 heavy (non-hydrogen) atoms. The summed E-state index contributed by atoms with van der Waals surface area (Å²) in [6.45, 7) is 4.85. The van der Waals surface area contributed by atoms with Crippen LogP contribution >= 0.6 is 0 Å². The Morgan fingerprint density at radius 2 is 2.09 bits per heavy atom. The number of aromatic nitrogens is 3. The number of pyridine rings is 2. The molecule has 1 N–H and O–H groups in total. The van der Waals surface area contributed by atoms with Crippen LogP contribution in [-0.4, -0.2) is 43.0 Å². The Kier molecular flexibility index (Phi) is 5.95.